The Morgan fingerprint density at radius 1 is 1.26 bits per heavy atom. The summed E-state index contributed by atoms with van der Waals surface area (Å²) in [7, 11) is 3.79. The fourth-order valence-corrected chi connectivity index (χ4v) is 3.80. The highest BCUT2D eigenvalue weighted by Crippen LogP contribution is 2.27. The standard InChI is InChI=1S/C18H26N2O3/c1-12-9-14(10-13(2)17(12)22-4)18(21)20-6-5-16-15(11-20)19(3)7-8-23-16/h9-10,15-16H,5-8,11H2,1-4H3. The Morgan fingerprint density at radius 2 is 1.96 bits per heavy atom. The predicted octanol–water partition coefficient (Wildman–Crippen LogP) is 1.86. The van der Waals surface area contributed by atoms with Crippen LogP contribution in [-0.2, 0) is 4.74 Å². The van der Waals surface area contributed by atoms with Gasteiger partial charge in [-0.15, -0.1) is 0 Å². The van der Waals surface area contributed by atoms with E-state index in [1.165, 1.54) is 0 Å². The molecule has 0 spiro atoms. The second-order valence-corrected chi connectivity index (χ2v) is 6.64. The number of likely N-dealkylation sites (tertiary alicyclic amines) is 1. The maximum absolute atomic E-state index is 12.9. The minimum atomic E-state index is 0.108. The summed E-state index contributed by atoms with van der Waals surface area (Å²) in [4.78, 5) is 17.2. The van der Waals surface area contributed by atoms with E-state index in [-0.39, 0.29) is 12.0 Å². The number of morpholine rings is 1. The third-order valence-electron chi connectivity index (χ3n) is 5.06. The van der Waals surface area contributed by atoms with Gasteiger partial charge in [0.25, 0.3) is 5.91 Å². The van der Waals surface area contributed by atoms with Crippen LogP contribution in [0.15, 0.2) is 12.1 Å². The zero-order chi connectivity index (χ0) is 16.6. The van der Waals surface area contributed by atoms with Crippen molar-refractivity contribution in [2.45, 2.75) is 32.4 Å². The summed E-state index contributed by atoms with van der Waals surface area (Å²) in [6, 6.07) is 4.17. The molecule has 0 aliphatic carbocycles. The monoisotopic (exact) mass is 318 g/mol. The molecule has 1 aromatic rings. The van der Waals surface area contributed by atoms with E-state index in [0.717, 1.165) is 55.1 Å². The lowest BCUT2D eigenvalue weighted by molar-refractivity contribution is -0.0893. The molecule has 5 heteroatoms. The Kier molecular flexibility index (Phi) is 4.60. The molecular weight excluding hydrogens is 292 g/mol. The van der Waals surface area contributed by atoms with E-state index in [4.69, 9.17) is 9.47 Å². The Hall–Kier alpha value is -1.59. The first kappa shape index (κ1) is 16.3. The Labute approximate surface area is 138 Å². The van der Waals surface area contributed by atoms with Crippen molar-refractivity contribution in [3.05, 3.63) is 28.8 Å². The van der Waals surface area contributed by atoms with E-state index < -0.39 is 0 Å². The van der Waals surface area contributed by atoms with Gasteiger partial charge in [-0.25, -0.2) is 0 Å². The van der Waals surface area contributed by atoms with Crippen molar-refractivity contribution in [2.75, 3.05) is 40.4 Å². The fourth-order valence-electron chi connectivity index (χ4n) is 3.80. The maximum atomic E-state index is 12.9. The van der Waals surface area contributed by atoms with Crippen LogP contribution in [0.25, 0.3) is 0 Å². The molecule has 1 amide bonds. The number of carbonyl (C=O) groups excluding carboxylic acids is 1. The zero-order valence-corrected chi connectivity index (χ0v) is 14.5. The summed E-state index contributed by atoms with van der Waals surface area (Å²) in [6.45, 7) is 7.20. The number of aryl methyl sites for hydroxylation is 2. The van der Waals surface area contributed by atoms with Gasteiger partial charge in [0.1, 0.15) is 5.75 Å². The number of carbonyl (C=O) groups is 1. The lowest BCUT2D eigenvalue weighted by Crippen LogP contribution is -2.59. The van der Waals surface area contributed by atoms with Crippen LogP contribution in [0.2, 0.25) is 0 Å². The molecule has 0 saturated carbocycles. The normalized spacial score (nSPS) is 25.1. The van der Waals surface area contributed by atoms with Gasteiger partial charge in [0.15, 0.2) is 0 Å². The van der Waals surface area contributed by atoms with E-state index in [2.05, 4.69) is 11.9 Å². The third kappa shape index (κ3) is 3.08. The SMILES string of the molecule is COc1c(C)cc(C(=O)N2CCC3OCCN(C)C3C2)cc1C. The Morgan fingerprint density at radius 3 is 2.61 bits per heavy atom. The van der Waals surface area contributed by atoms with Gasteiger partial charge >= 0.3 is 0 Å². The summed E-state index contributed by atoms with van der Waals surface area (Å²) >= 11 is 0. The maximum Gasteiger partial charge on any atom is 0.253 e. The van der Waals surface area contributed by atoms with Gasteiger partial charge < -0.3 is 14.4 Å². The van der Waals surface area contributed by atoms with E-state index >= 15 is 0 Å². The van der Waals surface area contributed by atoms with Crippen molar-refractivity contribution < 1.29 is 14.3 Å². The van der Waals surface area contributed by atoms with Crippen LogP contribution in [-0.4, -0.2) is 68.3 Å². The highest BCUT2D eigenvalue weighted by molar-refractivity contribution is 5.95. The van der Waals surface area contributed by atoms with E-state index in [9.17, 15) is 4.79 Å². The Balaban J connectivity index is 1.78. The van der Waals surface area contributed by atoms with Crippen molar-refractivity contribution in [3.63, 3.8) is 0 Å². The lowest BCUT2D eigenvalue weighted by Gasteiger charge is -2.45. The first-order valence-corrected chi connectivity index (χ1v) is 8.27. The molecule has 2 unspecified atom stereocenters. The molecule has 126 valence electrons. The minimum absolute atomic E-state index is 0.108. The summed E-state index contributed by atoms with van der Waals surface area (Å²) in [5, 5.41) is 0. The van der Waals surface area contributed by atoms with Crippen molar-refractivity contribution in [2.24, 2.45) is 0 Å². The summed E-state index contributed by atoms with van der Waals surface area (Å²) in [5.41, 5.74) is 2.76. The van der Waals surface area contributed by atoms with Gasteiger partial charge in [-0.05, 0) is 50.6 Å². The van der Waals surface area contributed by atoms with Gasteiger partial charge in [-0.2, -0.15) is 0 Å². The second-order valence-electron chi connectivity index (χ2n) is 6.64. The molecule has 0 radical (unpaired) electrons. The molecule has 5 nitrogen and oxygen atoms in total. The molecule has 2 saturated heterocycles. The van der Waals surface area contributed by atoms with Crippen molar-refractivity contribution in [1.82, 2.24) is 9.80 Å². The first-order valence-electron chi connectivity index (χ1n) is 8.27. The van der Waals surface area contributed by atoms with Gasteiger partial charge in [0, 0.05) is 25.2 Å². The molecule has 23 heavy (non-hydrogen) atoms. The molecule has 0 bridgehead atoms. The molecule has 3 rings (SSSR count). The fraction of sp³-hybridized carbons (Fsp3) is 0.611. The molecule has 2 aliphatic heterocycles. The number of amides is 1. The van der Waals surface area contributed by atoms with Crippen LogP contribution in [0.1, 0.15) is 27.9 Å². The van der Waals surface area contributed by atoms with Gasteiger partial charge in [-0.1, -0.05) is 0 Å². The number of likely N-dealkylation sites (N-methyl/N-ethyl adjacent to an activating group) is 1. The third-order valence-corrected chi connectivity index (χ3v) is 5.06. The van der Waals surface area contributed by atoms with Crippen LogP contribution in [0.4, 0.5) is 0 Å². The lowest BCUT2D eigenvalue weighted by atomic mass is 9.97. The van der Waals surface area contributed by atoms with Crippen LogP contribution in [0.3, 0.4) is 0 Å². The Bertz CT molecular complexity index is 579. The van der Waals surface area contributed by atoms with Crippen LogP contribution < -0.4 is 4.74 Å². The second kappa shape index (κ2) is 6.49. The number of methoxy groups -OCH3 is 1. The number of benzene rings is 1. The average Bonchev–Trinajstić information content (AvgIpc) is 2.54. The molecule has 1 aromatic carbocycles. The highest BCUT2D eigenvalue weighted by Gasteiger charge is 2.37. The quantitative estimate of drug-likeness (QED) is 0.835. The smallest absolute Gasteiger partial charge is 0.253 e. The largest absolute Gasteiger partial charge is 0.496 e. The number of ether oxygens (including phenoxy) is 2. The first-order chi connectivity index (χ1) is 11.0. The van der Waals surface area contributed by atoms with Crippen LogP contribution in [0, 0.1) is 13.8 Å². The number of hydrogen-bond acceptors (Lipinski definition) is 4. The molecular formula is C18H26N2O3. The summed E-state index contributed by atoms with van der Waals surface area (Å²) in [5.74, 6) is 0.969. The number of rotatable bonds is 2. The van der Waals surface area contributed by atoms with Crippen LogP contribution in [0.5, 0.6) is 5.75 Å². The van der Waals surface area contributed by atoms with Crippen LogP contribution >= 0.6 is 0 Å². The molecule has 0 N–H and O–H groups in total. The zero-order valence-electron chi connectivity index (χ0n) is 14.5. The molecule has 0 aromatic heterocycles. The van der Waals surface area contributed by atoms with E-state index in [1.807, 2.05) is 30.9 Å². The van der Waals surface area contributed by atoms with Crippen molar-refractivity contribution in [1.29, 1.82) is 0 Å². The number of piperidine rings is 1. The van der Waals surface area contributed by atoms with Gasteiger partial charge in [-0.3, -0.25) is 9.69 Å². The van der Waals surface area contributed by atoms with E-state index in [0.29, 0.717) is 6.04 Å². The van der Waals surface area contributed by atoms with E-state index in [1.54, 1.807) is 7.11 Å². The van der Waals surface area contributed by atoms with Crippen molar-refractivity contribution in [3.8, 4) is 5.75 Å². The number of nitrogens with zero attached hydrogens (tertiary/aromatic N) is 2. The average molecular weight is 318 g/mol. The summed E-state index contributed by atoms with van der Waals surface area (Å²) in [6.07, 6.45) is 1.17. The van der Waals surface area contributed by atoms with Gasteiger partial charge in [0.2, 0.25) is 0 Å². The van der Waals surface area contributed by atoms with Gasteiger partial charge in [0.05, 0.1) is 25.9 Å². The molecule has 2 heterocycles. The molecule has 2 aliphatic rings. The van der Waals surface area contributed by atoms with Crippen molar-refractivity contribution >= 4 is 5.91 Å². The topological polar surface area (TPSA) is 42.0 Å². The number of hydrogen-bond donors (Lipinski definition) is 0. The molecule has 2 fully saturated rings. The molecule has 2 atom stereocenters. The highest BCUT2D eigenvalue weighted by atomic mass is 16.5. The number of fused-ring (bicyclic) bond motifs is 1. The minimum Gasteiger partial charge on any atom is -0.496 e. The summed E-state index contributed by atoms with van der Waals surface area (Å²) < 4.78 is 11.3. The predicted molar refractivity (Wildman–Crippen MR) is 89.1 cm³/mol.